The van der Waals surface area contributed by atoms with Crippen LogP contribution in [0.1, 0.15) is 39.3 Å². The number of rotatable bonds is 7. The number of benzene rings is 1. The zero-order valence-corrected chi connectivity index (χ0v) is 11.8. The van der Waals surface area contributed by atoms with Gasteiger partial charge in [-0.2, -0.15) is 0 Å². The molecule has 0 amide bonds. The zero-order valence-electron chi connectivity index (χ0n) is 11.8. The van der Waals surface area contributed by atoms with Crippen LogP contribution in [-0.4, -0.2) is 24.4 Å². The Morgan fingerprint density at radius 2 is 1.78 bits per heavy atom. The minimum absolute atomic E-state index is 0.231. The third kappa shape index (κ3) is 4.67. The Bertz CT molecular complexity index is 335. The molecule has 0 spiro atoms. The lowest BCUT2D eigenvalue weighted by molar-refractivity contribution is 0.120. The molecule has 0 fully saturated rings. The number of aliphatic hydroxyl groups is 1. The van der Waals surface area contributed by atoms with E-state index in [9.17, 15) is 5.11 Å². The summed E-state index contributed by atoms with van der Waals surface area (Å²) in [7, 11) is 0. The van der Waals surface area contributed by atoms with E-state index in [0.29, 0.717) is 13.2 Å². The fourth-order valence-corrected chi connectivity index (χ4v) is 1.67. The van der Waals surface area contributed by atoms with E-state index in [4.69, 9.17) is 4.74 Å². The molecule has 2 atom stereocenters. The van der Waals surface area contributed by atoms with Gasteiger partial charge in [0, 0.05) is 12.6 Å². The molecule has 3 heteroatoms. The van der Waals surface area contributed by atoms with Crippen LogP contribution >= 0.6 is 0 Å². The van der Waals surface area contributed by atoms with Crippen molar-refractivity contribution in [1.29, 1.82) is 0 Å². The van der Waals surface area contributed by atoms with Crippen LogP contribution in [0.15, 0.2) is 24.3 Å². The summed E-state index contributed by atoms with van der Waals surface area (Å²) in [6.45, 7) is 9.43. The van der Waals surface area contributed by atoms with Gasteiger partial charge in [-0.05, 0) is 37.5 Å². The molecule has 3 nitrogen and oxygen atoms in total. The first-order valence-corrected chi connectivity index (χ1v) is 6.68. The second-order valence-corrected chi connectivity index (χ2v) is 4.94. The Kier molecular flexibility index (Phi) is 6.16. The fraction of sp³-hybridized carbons (Fsp3) is 0.600. The van der Waals surface area contributed by atoms with Gasteiger partial charge in [-0.1, -0.05) is 26.0 Å². The van der Waals surface area contributed by atoms with Crippen LogP contribution in [-0.2, 0) is 0 Å². The molecule has 1 aromatic rings. The lowest BCUT2D eigenvalue weighted by atomic mass is 10.1. The van der Waals surface area contributed by atoms with Crippen LogP contribution in [0.25, 0.3) is 0 Å². The molecule has 18 heavy (non-hydrogen) atoms. The van der Waals surface area contributed by atoms with Gasteiger partial charge >= 0.3 is 0 Å². The van der Waals surface area contributed by atoms with Crippen molar-refractivity contribution in [3.8, 4) is 5.75 Å². The zero-order chi connectivity index (χ0) is 13.5. The van der Waals surface area contributed by atoms with Crippen molar-refractivity contribution in [2.24, 2.45) is 5.92 Å². The highest BCUT2D eigenvalue weighted by atomic mass is 16.5. The maximum absolute atomic E-state index is 9.75. The predicted octanol–water partition coefficient (Wildman–Crippen LogP) is 2.75. The van der Waals surface area contributed by atoms with Gasteiger partial charge in [0.1, 0.15) is 5.75 Å². The molecule has 2 unspecified atom stereocenters. The van der Waals surface area contributed by atoms with Crippen LogP contribution in [0.3, 0.4) is 0 Å². The molecule has 1 rings (SSSR count). The Labute approximate surface area is 110 Å². The maximum atomic E-state index is 9.75. The number of aliphatic hydroxyl groups excluding tert-OH is 1. The highest BCUT2D eigenvalue weighted by molar-refractivity contribution is 5.28. The summed E-state index contributed by atoms with van der Waals surface area (Å²) in [5.41, 5.74) is 1.20. The molecular formula is C15H25NO2. The molecule has 0 bridgehead atoms. The summed E-state index contributed by atoms with van der Waals surface area (Å²) in [5, 5.41) is 13.1. The Hall–Kier alpha value is -1.06. The molecule has 0 heterocycles. The lowest BCUT2D eigenvalue weighted by Gasteiger charge is -2.19. The number of hydrogen-bond donors (Lipinski definition) is 2. The maximum Gasteiger partial charge on any atom is 0.119 e. The van der Waals surface area contributed by atoms with Gasteiger partial charge in [-0.25, -0.2) is 0 Å². The van der Waals surface area contributed by atoms with E-state index in [1.165, 1.54) is 5.56 Å². The SMILES string of the molecule is CCOc1ccc(C(C)NCC(O)C(C)C)cc1. The summed E-state index contributed by atoms with van der Waals surface area (Å²) in [6.07, 6.45) is -0.296. The van der Waals surface area contributed by atoms with Crippen LogP contribution < -0.4 is 10.1 Å². The van der Waals surface area contributed by atoms with Gasteiger partial charge in [-0.15, -0.1) is 0 Å². The predicted molar refractivity (Wildman–Crippen MR) is 74.9 cm³/mol. The first-order valence-electron chi connectivity index (χ1n) is 6.68. The lowest BCUT2D eigenvalue weighted by Crippen LogP contribution is -2.32. The van der Waals surface area contributed by atoms with Gasteiger partial charge in [0.05, 0.1) is 12.7 Å². The minimum atomic E-state index is -0.296. The molecule has 102 valence electrons. The van der Waals surface area contributed by atoms with Crippen molar-refractivity contribution in [1.82, 2.24) is 5.32 Å². The van der Waals surface area contributed by atoms with Crippen molar-refractivity contribution in [2.75, 3.05) is 13.2 Å². The second kappa shape index (κ2) is 7.39. The van der Waals surface area contributed by atoms with E-state index in [0.717, 1.165) is 5.75 Å². The average Bonchev–Trinajstić information content (AvgIpc) is 2.36. The van der Waals surface area contributed by atoms with Gasteiger partial charge in [0.25, 0.3) is 0 Å². The Morgan fingerprint density at radius 1 is 1.17 bits per heavy atom. The van der Waals surface area contributed by atoms with Crippen molar-refractivity contribution in [3.05, 3.63) is 29.8 Å². The van der Waals surface area contributed by atoms with Crippen LogP contribution in [0.4, 0.5) is 0 Å². The first kappa shape index (κ1) is 15.0. The van der Waals surface area contributed by atoms with E-state index in [1.807, 2.05) is 32.9 Å². The molecule has 0 aromatic heterocycles. The molecule has 0 saturated heterocycles. The fourth-order valence-electron chi connectivity index (χ4n) is 1.67. The smallest absolute Gasteiger partial charge is 0.119 e. The Morgan fingerprint density at radius 3 is 2.28 bits per heavy atom. The van der Waals surface area contributed by atoms with Crippen LogP contribution in [0.5, 0.6) is 5.75 Å². The summed E-state index contributed by atoms with van der Waals surface area (Å²) < 4.78 is 5.41. The van der Waals surface area contributed by atoms with Gasteiger partial charge in [0.2, 0.25) is 0 Å². The normalized spacial score (nSPS) is 14.6. The van der Waals surface area contributed by atoms with Crippen LogP contribution in [0, 0.1) is 5.92 Å². The number of nitrogens with one attached hydrogen (secondary N) is 1. The van der Waals surface area contributed by atoms with E-state index in [-0.39, 0.29) is 18.1 Å². The van der Waals surface area contributed by atoms with Gasteiger partial charge < -0.3 is 15.2 Å². The Balaban J connectivity index is 2.48. The monoisotopic (exact) mass is 251 g/mol. The third-order valence-electron chi connectivity index (χ3n) is 3.09. The van der Waals surface area contributed by atoms with Crippen molar-refractivity contribution >= 4 is 0 Å². The quantitative estimate of drug-likeness (QED) is 0.783. The highest BCUT2D eigenvalue weighted by Gasteiger charge is 2.11. The molecule has 1 aromatic carbocycles. The molecule has 0 aliphatic heterocycles. The number of ether oxygens (including phenoxy) is 1. The molecule has 2 N–H and O–H groups in total. The summed E-state index contributed by atoms with van der Waals surface area (Å²) in [4.78, 5) is 0. The summed E-state index contributed by atoms with van der Waals surface area (Å²) in [6, 6.07) is 8.31. The minimum Gasteiger partial charge on any atom is -0.494 e. The number of hydrogen-bond acceptors (Lipinski definition) is 3. The summed E-state index contributed by atoms with van der Waals surface area (Å²) >= 11 is 0. The second-order valence-electron chi connectivity index (χ2n) is 4.94. The molecule has 0 aliphatic rings. The molecule has 0 saturated carbocycles. The topological polar surface area (TPSA) is 41.5 Å². The van der Waals surface area contributed by atoms with Gasteiger partial charge in [-0.3, -0.25) is 0 Å². The highest BCUT2D eigenvalue weighted by Crippen LogP contribution is 2.17. The van der Waals surface area contributed by atoms with E-state index < -0.39 is 0 Å². The van der Waals surface area contributed by atoms with E-state index >= 15 is 0 Å². The third-order valence-corrected chi connectivity index (χ3v) is 3.09. The van der Waals surface area contributed by atoms with Crippen molar-refractivity contribution in [2.45, 2.75) is 39.8 Å². The molecule has 0 aliphatic carbocycles. The summed E-state index contributed by atoms with van der Waals surface area (Å²) in [5.74, 6) is 1.18. The largest absolute Gasteiger partial charge is 0.494 e. The van der Waals surface area contributed by atoms with Crippen molar-refractivity contribution < 1.29 is 9.84 Å². The van der Waals surface area contributed by atoms with Crippen LogP contribution in [0.2, 0.25) is 0 Å². The van der Waals surface area contributed by atoms with Gasteiger partial charge in [0.15, 0.2) is 0 Å². The molecular weight excluding hydrogens is 226 g/mol. The van der Waals surface area contributed by atoms with E-state index in [2.05, 4.69) is 24.4 Å². The van der Waals surface area contributed by atoms with Crippen molar-refractivity contribution in [3.63, 3.8) is 0 Å². The first-order chi connectivity index (χ1) is 8.54. The molecule has 0 radical (unpaired) electrons. The standard InChI is InChI=1S/C15H25NO2/c1-5-18-14-8-6-13(7-9-14)12(4)16-10-15(17)11(2)3/h6-9,11-12,15-17H,5,10H2,1-4H3. The average molecular weight is 251 g/mol. The van der Waals surface area contributed by atoms with E-state index in [1.54, 1.807) is 0 Å².